The van der Waals surface area contributed by atoms with Crippen LogP contribution in [-0.2, 0) is 9.47 Å². The lowest BCUT2D eigenvalue weighted by Crippen LogP contribution is -2.32. The van der Waals surface area contributed by atoms with Gasteiger partial charge in [0, 0.05) is 13.2 Å². The molecule has 2 fully saturated rings. The van der Waals surface area contributed by atoms with Gasteiger partial charge in [0.2, 0.25) is 0 Å². The Morgan fingerprint density at radius 2 is 2.00 bits per heavy atom. The fourth-order valence-electron chi connectivity index (χ4n) is 3.15. The van der Waals surface area contributed by atoms with Crippen molar-refractivity contribution in [3.05, 3.63) is 0 Å². The van der Waals surface area contributed by atoms with Crippen LogP contribution < -0.4 is 0 Å². The summed E-state index contributed by atoms with van der Waals surface area (Å²) in [6.07, 6.45) is 9.93. The Morgan fingerprint density at radius 3 is 2.59 bits per heavy atom. The van der Waals surface area contributed by atoms with Gasteiger partial charge in [0.1, 0.15) is 0 Å². The van der Waals surface area contributed by atoms with Gasteiger partial charge in [-0.15, -0.1) is 0 Å². The molecular weight excluding hydrogens is 212 g/mol. The molecule has 2 nitrogen and oxygen atoms in total. The van der Waals surface area contributed by atoms with E-state index in [0.717, 1.165) is 19.1 Å². The second kappa shape index (κ2) is 6.75. The quantitative estimate of drug-likeness (QED) is 0.744. The van der Waals surface area contributed by atoms with Crippen molar-refractivity contribution < 1.29 is 9.47 Å². The molecule has 2 heterocycles. The van der Waals surface area contributed by atoms with Gasteiger partial charge in [0.25, 0.3) is 0 Å². The van der Waals surface area contributed by atoms with E-state index in [1.165, 1.54) is 44.9 Å². The van der Waals surface area contributed by atoms with Crippen LogP contribution in [0.5, 0.6) is 0 Å². The minimum absolute atomic E-state index is 0.497. The number of rotatable bonds is 4. The van der Waals surface area contributed by atoms with Crippen LogP contribution in [0.2, 0.25) is 0 Å². The molecular formula is C15H28O2. The Labute approximate surface area is 106 Å². The van der Waals surface area contributed by atoms with Crippen LogP contribution in [-0.4, -0.2) is 25.4 Å². The van der Waals surface area contributed by atoms with Crippen LogP contribution in [0, 0.1) is 11.8 Å². The van der Waals surface area contributed by atoms with Crippen molar-refractivity contribution >= 4 is 0 Å². The predicted molar refractivity (Wildman–Crippen MR) is 70.1 cm³/mol. The smallest absolute Gasteiger partial charge is 0.0601 e. The molecule has 0 bridgehead atoms. The Hall–Kier alpha value is -0.0800. The summed E-state index contributed by atoms with van der Waals surface area (Å²) >= 11 is 0. The highest BCUT2D eigenvalue weighted by molar-refractivity contribution is 4.76. The zero-order chi connectivity index (χ0) is 12.1. The van der Waals surface area contributed by atoms with E-state index in [2.05, 4.69) is 13.8 Å². The molecule has 0 spiro atoms. The van der Waals surface area contributed by atoms with Crippen LogP contribution in [0.4, 0.5) is 0 Å². The van der Waals surface area contributed by atoms with E-state index in [1.807, 2.05) is 0 Å². The summed E-state index contributed by atoms with van der Waals surface area (Å²) in [6, 6.07) is 0. The van der Waals surface area contributed by atoms with Crippen LogP contribution >= 0.6 is 0 Å². The summed E-state index contributed by atoms with van der Waals surface area (Å²) in [4.78, 5) is 0. The van der Waals surface area contributed by atoms with Crippen molar-refractivity contribution in [1.29, 1.82) is 0 Å². The van der Waals surface area contributed by atoms with Crippen molar-refractivity contribution in [2.24, 2.45) is 11.8 Å². The van der Waals surface area contributed by atoms with Gasteiger partial charge >= 0.3 is 0 Å². The number of hydrogen-bond acceptors (Lipinski definition) is 2. The molecule has 17 heavy (non-hydrogen) atoms. The molecule has 4 unspecified atom stereocenters. The third-order valence-electron chi connectivity index (χ3n) is 4.53. The second-order valence-electron chi connectivity index (χ2n) is 5.92. The Balaban J connectivity index is 1.69. The molecule has 0 aromatic rings. The maximum absolute atomic E-state index is 5.99. The summed E-state index contributed by atoms with van der Waals surface area (Å²) in [6.45, 7) is 6.57. The van der Waals surface area contributed by atoms with Gasteiger partial charge in [0.05, 0.1) is 12.2 Å². The van der Waals surface area contributed by atoms with Crippen LogP contribution in [0.3, 0.4) is 0 Å². The normalized spacial score (nSPS) is 36.7. The number of hydrogen-bond donors (Lipinski definition) is 0. The monoisotopic (exact) mass is 240 g/mol. The van der Waals surface area contributed by atoms with Gasteiger partial charge in [-0.1, -0.05) is 20.3 Å². The van der Waals surface area contributed by atoms with Crippen LogP contribution in [0.25, 0.3) is 0 Å². The van der Waals surface area contributed by atoms with Crippen molar-refractivity contribution in [3.63, 3.8) is 0 Å². The van der Waals surface area contributed by atoms with Crippen LogP contribution in [0.15, 0.2) is 0 Å². The highest BCUT2D eigenvalue weighted by Gasteiger charge is 2.27. The first-order valence-electron chi connectivity index (χ1n) is 7.52. The molecule has 0 aliphatic carbocycles. The van der Waals surface area contributed by atoms with Gasteiger partial charge in [-0.05, 0) is 50.4 Å². The minimum Gasteiger partial charge on any atom is -0.378 e. The summed E-state index contributed by atoms with van der Waals surface area (Å²) in [7, 11) is 0. The SMILES string of the molecule is CCC1CCC(CC(C)C2CCCCO2)OC1. The lowest BCUT2D eigenvalue weighted by Gasteiger charge is -2.33. The maximum Gasteiger partial charge on any atom is 0.0601 e. The average Bonchev–Trinajstić information content (AvgIpc) is 2.40. The zero-order valence-corrected chi connectivity index (χ0v) is 11.5. The molecule has 0 radical (unpaired) electrons. The molecule has 2 aliphatic heterocycles. The predicted octanol–water partition coefficient (Wildman–Crippen LogP) is 3.79. The van der Waals surface area contributed by atoms with E-state index in [9.17, 15) is 0 Å². The Bertz CT molecular complexity index is 203. The molecule has 0 amide bonds. The summed E-state index contributed by atoms with van der Waals surface area (Å²) < 4.78 is 11.9. The zero-order valence-electron chi connectivity index (χ0n) is 11.5. The third-order valence-corrected chi connectivity index (χ3v) is 4.53. The van der Waals surface area contributed by atoms with E-state index < -0.39 is 0 Å². The van der Waals surface area contributed by atoms with Crippen molar-refractivity contribution in [3.8, 4) is 0 Å². The highest BCUT2D eigenvalue weighted by atomic mass is 16.5. The molecule has 0 N–H and O–H groups in total. The van der Waals surface area contributed by atoms with Crippen LogP contribution in [0.1, 0.15) is 58.8 Å². The molecule has 2 heteroatoms. The van der Waals surface area contributed by atoms with E-state index in [-0.39, 0.29) is 0 Å². The van der Waals surface area contributed by atoms with Crippen molar-refractivity contribution in [2.75, 3.05) is 13.2 Å². The van der Waals surface area contributed by atoms with Gasteiger partial charge in [-0.2, -0.15) is 0 Å². The Morgan fingerprint density at radius 1 is 1.12 bits per heavy atom. The topological polar surface area (TPSA) is 18.5 Å². The summed E-state index contributed by atoms with van der Waals surface area (Å²) in [5, 5.41) is 0. The fraction of sp³-hybridized carbons (Fsp3) is 1.00. The van der Waals surface area contributed by atoms with Gasteiger partial charge < -0.3 is 9.47 Å². The van der Waals surface area contributed by atoms with Gasteiger partial charge in [0.15, 0.2) is 0 Å². The molecule has 2 aliphatic rings. The first-order valence-corrected chi connectivity index (χ1v) is 7.52. The maximum atomic E-state index is 5.99. The highest BCUT2D eigenvalue weighted by Crippen LogP contribution is 2.29. The van der Waals surface area contributed by atoms with Gasteiger partial charge in [-0.3, -0.25) is 0 Å². The van der Waals surface area contributed by atoms with E-state index in [4.69, 9.17) is 9.47 Å². The van der Waals surface area contributed by atoms with E-state index in [1.54, 1.807) is 0 Å². The lowest BCUT2D eigenvalue weighted by atomic mass is 9.88. The largest absolute Gasteiger partial charge is 0.378 e. The molecule has 2 saturated heterocycles. The Kier molecular flexibility index (Phi) is 5.30. The standard InChI is InChI=1S/C15H28O2/c1-3-13-7-8-14(17-11-13)10-12(2)15-6-4-5-9-16-15/h12-15H,3-11H2,1-2H3. The molecule has 2 rings (SSSR count). The van der Waals surface area contributed by atoms with Gasteiger partial charge in [-0.25, -0.2) is 0 Å². The van der Waals surface area contributed by atoms with Crippen molar-refractivity contribution in [2.45, 2.75) is 71.0 Å². The lowest BCUT2D eigenvalue weighted by molar-refractivity contribution is -0.0605. The second-order valence-corrected chi connectivity index (χ2v) is 5.92. The molecule has 0 aromatic heterocycles. The average molecular weight is 240 g/mol. The first-order chi connectivity index (χ1) is 8.29. The minimum atomic E-state index is 0.497. The molecule has 0 saturated carbocycles. The number of ether oxygens (including phenoxy) is 2. The molecule has 0 aromatic carbocycles. The first kappa shape index (κ1) is 13.4. The fourth-order valence-corrected chi connectivity index (χ4v) is 3.15. The third kappa shape index (κ3) is 3.96. The van der Waals surface area contributed by atoms with E-state index in [0.29, 0.717) is 18.1 Å². The van der Waals surface area contributed by atoms with Crippen molar-refractivity contribution in [1.82, 2.24) is 0 Å². The summed E-state index contributed by atoms with van der Waals surface area (Å²) in [5.74, 6) is 1.48. The van der Waals surface area contributed by atoms with E-state index >= 15 is 0 Å². The molecule has 4 atom stereocenters. The molecule has 100 valence electrons. The summed E-state index contributed by atoms with van der Waals surface area (Å²) in [5.41, 5.74) is 0.